The van der Waals surface area contributed by atoms with Crippen molar-refractivity contribution in [2.45, 2.75) is 36.7 Å². The number of imide groups is 1. The van der Waals surface area contributed by atoms with E-state index >= 15 is 0 Å². The van der Waals surface area contributed by atoms with Crippen LogP contribution in [0.15, 0.2) is 35.4 Å². The first-order chi connectivity index (χ1) is 13.1. The Morgan fingerprint density at radius 3 is 2.43 bits per heavy atom. The summed E-state index contributed by atoms with van der Waals surface area (Å²) in [5.74, 6) is -0.992. The molecule has 28 heavy (non-hydrogen) atoms. The van der Waals surface area contributed by atoms with Crippen molar-refractivity contribution >= 4 is 29.3 Å². The molecule has 9 heteroatoms. The highest BCUT2D eigenvalue weighted by molar-refractivity contribution is 8.00. The average molecular weight is 405 g/mol. The van der Waals surface area contributed by atoms with Crippen LogP contribution in [0.1, 0.15) is 28.8 Å². The first-order valence-electron chi connectivity index (χ1n) is 8.21. The van der Waals surface area contributed by atoms with E-state index < -0.39 is 34.4 Å². The molecule has 2 amide bonds. The van der Waals surface area contributed by atoms with Crippen LogP contribution in [0.4, 0.5) is 18.9 Å². The van der Waals surface area contributed by atoms with E-state index in [1.54, 1.807) is 24.3 Å². The van der Waals surface area contributed by atoms with Gasteiger partial charge >= 0.3 is 6.18 Å². The van der Waals surface area contributed by atoms with E-state index in [2.05, 4.69) is 4.98 Å². The molecule has 1 aliphatic heterocycles. The van der Waals surface area contributed by atoms with Gasteiger partial charge in [-0.05, 0) is 32.0 Å². The SMILES string of the molecule is Cc1ccc(N2C(=O)C[C@H](Sc3nc(C)cc(C(F)(F)F)c3C#N)C2=O)cc1. The molecule has 0 aliphatic carbocycles. The molecule has 2 heterocycles. The van der Waals surface area contributed by atoms with Crippen molar-refractivity contribution in [2.24, 2.45) is 0 Å². The monoisotopic (exact) mass is 405 g/mol. The maximum Gasteiger partial charge on any atom is 0.417 e. The molecule has 1 aromatic carbocycles. The van der Waals surface area contributed by atoms with E-state index in [1.807, 2.05) is 6.92 Å². The summed E-state index contributed by atoms with van der Waals surface area (Å²) in [7, 11) is 0. The van der Waals surface area contributed by atoms with E-state index in [9.17, 15) is 28.0 Å². The van der Waals surface area contributed by atoms with Crippen LogP contribution >= 0.6 is 11.8 Å². The number of carbonyl (C=O) groups excluding carboxylic acids is 2. The van der Waals surface area contributed by atoms with Gasteiger partial charge in [-0.2, -0.15) is 18.4 Å². The van der Waals surface area contributed by atoms with E-state index in [-0.39, 0.29) is 17.1 Å². The number of nitriles is 1. The lowest BCUT2D eigenvalue weighted by Gasteiger charge is -2.16. The number of hydrogen-bond acceptors (Lipinski definition) is 5. The predicted octanol–water partition coefficient (Wildman–Crippen LogP) is 4.01. The predicted molar refractivity (Wildman–Crippen MR) is 96.6 cm³/mol. The van der Waals surface area contributed by atoms with Gasteiger partial charge in [-0.15, -0.1) is 0 Å². The molecular formula is C19H14F3N3O2S. The summed E-state index contributed by atoms with van der Waals surface area (Å²) in [5.41, 5.74) is -0.316. The van der Waals surface area contributed by atoms with Crippen LogP contribution < -0.4 is 4.90 Å². The molecule has 3 rings (SSSR count). The van der Waals surface area contributed by atoms with Crippen molar-refractivity contribution in [3.05, 3.63) is 52.7 Å². The number of hydrogen-bond donors (Lipinski definition) is 0. The number of thioether (sulfide) groups is 1. The molecule has 0 spiro atoms. The van der Waals surface area contributed by atoms with E-state index in [1.165, 1.54) is 13.0 Å². The summed E-state index contributed by atoms with van der Waals surface area (Å²) in [5, 5.41) is 8.09. The van der Waals surface area contributed by atoms with Crippen LogP contribution in [0.3, 0.4) is 0 Å². The van der Waals surface area contributed by atoms with Gasteiger partial charge in [0.15, 0.2) is 0 Å². The molecule has 0 unspecified atom stereocenters. The van der Waals surface area contributed by atoms with Gasteiger partial charge in [0.2, 0.25) is 11.8 Å². The van der Waals surface area contributed by atoms with Crippen LogP contribution in [0, 0.1) is 25.2 Å². The number of rotatable bonds is 3. The number of amides is 2. The van der Waals surface area contributed by atoms with Crippen LogP contribution in [-0.2, 0) is 15.8 Å². The minimum atomic E-state index is -4.72. The fourth-order valence-electron chi connectivity index (χ4n) is 2.86. The van der Waals surface area contributed by atoms with Gasteiger partial charge in [0.25, 0.3) is 0 Å². The highest BCUT2D eigenvalue weighted by Gasteiger charge is 2.42. The van der Waals surface area contributed by atoms with E-state index in [0.717, 1.165) is 16.5 Å². The number of halogens is 3. The fraction of sp³-hybridized carbons (Fsp3) is 0.263. The number of pyridine rings is 1. The Morgan fingerprint density at radius 2 is 1.86 bits per heavy atom. The fourth-order valence-corrected chi connectivity index (χ4v) is 4.03. The molecule has 1 atom stereocenters. The topological polar surface area (TPSA) is 74.1 Å². The Morgan fingerprint density at radius 1 is 1.21 bits per heavy atom. The quantitative estimate of drug-likeness (QED) is 0.722. The summed E-state index contributed by atoms with van der Waals surface area (Å²) in [6.45, 7) is 3.24. The van der Waals surface area contributed by atoms with Crippen molar-refractivity contribution in [1.82, 2.24) is 4.98 Å². The molecule has 5 nitrogen and oxygen atoms in total. The number of nitrogens with zero attached hydrogens (tertiary/aromatic N) is 3. The molecule has 1 saturated heterocycles. The molecule has 0 radical (unpaired) electrons. The minimum absolute atomic E-state index is 0.0704. The lowest BCUT2D eigenvalue weighted by atomic mass is 10.1. The van der Waals surface area contributed by atoms with E-state index in [4.69, 9.17) is 0 Å². The second-order valence-electron chi connectivity index (χ2n) is 6.31. The Hall–Kier alpha value is -2.86. The number of benzene rings is 1. The van der Waals surface area contributed by atoms with Crippen molar-refractivity contribution in [1.29, 1.82) is 5.26 Å². The average Bonchev–Trinajstić information content (AvgIpc) is 2.88. The summed E-state index contributed by atoms with van der Waals surface area (Å²) >= 11 is 0.715. The first-order valence-corrected chi connectivity index (χ1v) is 9.09. The largest absolute Gasteiger partial charge is 0.417 e. The van der Waals surface area contributed by atoms with Crippen molar-refractivity contribution in [3.8, 4) is 6.07 Å². The molecule has 1 aromatic heterocycles. The summed E-state index contributed by atoms with van der Waals surface area (Å²) in [6.07, 6.45) is -4.91. The van der Waals surface area contributed by atoms with Gasteiger partial charge in [-0.25, -0.2) is 9.88 Å². The zero-order valence-corrected chi connectivity index (χ0v) is 15.7. The molecule has 1 fully saturated rings. The Balaban J connectivity index is 1.94. The number of aryl methyl sites for hydroxylation is 2. The lowest BCUT2D eigenvalue weighted by Crippen LogP contribution is -2.31. The van der Waals surface area contributed by atoms with Crippen LogP contribution in [0.25, 0.3) is 0 Å². The third-order valence-corrected chi connectivity index (χ3v) is 5.35. The van der Waals surface area contributed by atoms with Gasteiger partial charge < -0.3 is 0 Å². The summed E-state index contributed by atoms with van der Waals surface area (Å²) in [4.78, 5) is 30.1. The number of anilines is 1. The molecular weight excluding hydrogens is 391 g/mol. The number of alkyl halides is 3. The van der Waals surface area contributed by atoms with Crippen LogP contribution in [0.5, 0.6) is 0 Å². The normalized spacial score (nSPS) is 17.1. The molecule has 2 aromatic rings. The Bertz CT molecular complexity index is 997. The first kappa shape index (κ1) is 19.9. The zero-order chi connectivity index (χ0) is 20.6. The van der Waals surface area contributed by atoms with Crippen LogP contribution in [-0.4, -0.2) is 22.0 Å². The Labute approximate surface area is 163 Å². The summed E-state index contributed by atoms with van der Waals surface area (Å²) in [6, 6.07) is 9.09. The van der Waals surface area contributed by atoms with Gasteiger partial charge in [-0.3, -0.25) is 9.59 Å². The van der Waals surface area contributed by atoms with Crippen LogP contribution in [0.2, 0.25) is 0 Å². The maximum absolute atomic E-state index is 13.2. The van der Waals surface area contributed by atoms with Gasteiger partial charge in [0, 0.05) is 12.1 Å². The molecule has 0 N–H and O–H groups in total. The van der Waals surface area contributed by atoms with Crippen molar-refractivity contribution < 1.29 is 22.8 Å². The molecule has 144 valence electrons. The van der Waals surface area contributed by atoms with E-state index in [0.29, 0.717) is 17.4 Å². The standard InChI is InChI=1S/C19H14F3N3O2S/c1-10-3-5-12(6-4-10)25-16(26)8-15(18(25)27)28-17-13(9-23)14(19(20,21)22)7-11(2)24-17/h3-7,15H,8H2,1-2H3/t15-/m0/s1. The molecule has 0 saturated carbocycles. The minimum Gasteiger partial charge on any atom is -0.274 e. The highest BCUT2D eigenvalue weighted by Crippen LogP contribution is 2.39. The van der Waals surface area contributed by atoms with Gasteiger partial charge in [0.05, 0.1) is 22.1 Å². The molecule has 1 aliphatic rings. The number of carbonyl (C=O) groups is 2. The van der Waals surface area contributed by atoms with Gasteiger partial charge in [0.1, 0.15) is 11.1 Å². The second kappa shape index (κ2) is 7.28. The third-order valence-electron chi connectivity index (χ3n) is 4.18. The van der Waals surface area contributed by atoms with Crippen molar-refractivity contribution in [2.75, 3.05) is 4.90 Å². The number of aromatic nitrogens is 1. The lowest BCUT2D eigenvalue weighted by molar-refractivity contribution is -0.138. The Kier molecular flexibility index (Phi) is 5.17. The van der Waals surface area contributed by atoms with Gasteiger partial charge in [-0.1, -0.05) is 29.5 Å². The van der Waals surface area contributed by atoms with Crippen molar-refractivity contribution in [3.63, 3.8) is 0 Å². The maximum atomic E-state index is 13.2. The smallest absolute Gasteiger partial charge is 0.274 e. The zero-order valence-electron chi connectivity index (χ0n) is 14.9. The second-order valence-corrected chi connectivity index (χ2v) is 7.51. The highest BCUT2D eigenvalue weighted by atomic mass is 32.2. The molecule has 0 bridgehead atoms. The third kappa shape index (κ3) is 3.73. The summed E-state index contributed by atoms with van der Waals surface area (Å²) < 4.78 is 39.7.